The first kappa shape index (κ1) is 11.5. The van der Waals surface area contributed by atoms with Crippen LogP contribution >= 0.6 is 0 Å². The van der Waals surface area contributed by atoms with E-state index in [-0.39, 0.29) is 5.95 Å². The number of nitrogens with two attached hydrogens (primary N) is 2. The van der Waals surface area contributed by atoms with E-state index in [1.54, 1.807) is 6.20 Å². The Kier molecular flexibility index (Phi) is 2.79. The molecule has 0 fully saturated rings. The minimum absolute atomic E-state index is 0.207. The second-order valence-corrected chi connectivity index (χ2v) is 4.52. The molecule has 1 aliphatic heterocycles. The third-order valence-corrected chi connectivity index (χ3v) is 3.13. The van der Waals surface area contributed by atoms with Crippen LogP contribution in [0.5, 0.6) is 0 Å². The van der Waals surface area contributed by atoms with Crippen LogP contribution in [0, 0.1) is 0 Å². The van der Waals surface area contributed by atoms with Gasteiger partial charge in [0.15, 0.2) is 0 Å². The Balaban J connectivity index is 1.89. The quantitative estimate of drug-likeness (QED) is 0.757. The zero-order valence-corrected chi connectivity index (χ0v) is 10.4. The van der Waals surface area contributed by atoms with Gasteiger partial charge in [-0.05, 0) is 23.3 Å². The van der Waals surface area contributed by atoms with Gasteiger partial charge >= 0.3 is 0 Å². The van der Waals surface area contributed by atoms with Crippen molar-refractivity contribution in [3.8, 4) is 0 Å². The molecule has 0 saturated heterocycles. The lowest BCUT2D eigenvalue weighted by molar-refractivity contribution is 1.09. The summed E-state index contributed by atoms with van der Waals surface area (Å²) in [6, 6.07) is 6.32. The number of fused-ring (bicyclic) bond motifs is 1. The molecule has 1 aromatic carbocycles. The zero-order chi connectivity index (χ0) is 13.2. The number of nitrogens with one attached hydrogen (secondary N) is 1. The Hall–Kier alpha value is -2.56. The molecule has 5 N–H and O–H groups in total. The van der Waals surface area contributed by atoms with Gasteiger partial charge in [0.1, 0.15) is 5.82 Å². The van der Waals surface area contributed by atoms with E-state index in [0.29, 0.717) is 12.2 Å². The number of rotatable bonds is 2. The summed E-state index contributed by atoms with van der Waals surface area (Å²) in [5.41, 5.74) is 15.8. The lowest BCUT2D eigenvalue weighted by Crippen LogP contribution is -2.06. The topological polar surface area (TPSA) is 89.8 Å². The summed E-state index contributed by atoms with van der Waals surface area (Å²) < 4.78 is 0. The van der Waals surface area contributed by atoms with Crippen LogP contribution < -0.4 is 16.8 Å². The number of hydrogen-bond acceptors (Lipinski definition) is 5. The van der Waals surface area contributed by atoms with E-state index in [1.165, 1.54) is 11.1 Å². The maximum absolute atomic E-state index is 5.85. The molecule has 0 radical (unpaired) electrons. The van der Waals surface area contributed by atoms with Crippen LogP contribution in [-0.2, 0) is 6.42 Å². The first-order valence-corrected chi connectivity index (χ1v) is 6.12. The molecule has 5 nitrogen and oxygen atoms in total. The lowest BCUT2D eigenvalue weighted by atomic mass is 10.0. The van der Waals surface area contributed by atoms with Gasteiger partial charge in [0.25, 0.3) is 0 Å². The molecule has 0 aliphatic carbocycles. The Bertz CT molecular complexity index is 648. The third kappa shape index (κ3) is 2.35. The predicted octanol–water partition coefficient (Wildman–Crippen LogP) is 1.67. The van der Waals surface area contributed by atoms with Gasteiger partial charge in [-0.2, -0.15) is 4.98 Å². The lowest BCUT2D eigenvalue weighted by Gasteiger charge is -2.14. The van der Waals surface area contributed by atoms with Crippen LogP contribution in [0.4, 0.5) is 17.5 Å². The van der Waals surface area contributed by atoms with Crippen molar-refractivity contribution in [2.75, 3.05) is 23.3 Å². The van der Waals surface area contributed by atoms with Crippen LogP contribution in [-0.4, -0.2) is 16.5 Å². The largest absolute Gasteiger partial charge is 0.383 e. The second-order valence-electron chi connectivity index (χ2n) is 4.52. The van der Waals surface area contributed by atoms with Crippen molar-refractivity contribution in [1.82, 2.24) is 9.97 Å². The average Bonchev–Trinajstić information content (AvgIpc) is 2.42. The molecular weight excluding hydrogens is 238 g/mol. The van der Waals surface area contributed by atoms with E-state index in [2.05, 4.69) is 45.6 Å². The van der Waals surface area contributed by atoms with Gasteiger partial charge in [-0.15, -0.1) is 0 Å². The minimum atomic E-state index is 0.207. The maximum atomic E-state index is 5.85. The summed E-state index contributed by atoms with van der Waals surface area (Å²) >= 11 is 0. The Morgan fingerprint density at radius 2 is 2.16 bits per heavy atom. The van der Waals surface area contributed by atoms with Crippen LogP contribution in [0.15, 0.2) is 30.5 Å². The smallest absolute Gasteiger partial charge is 0.221 e. The zero-order valence-electron chi connectivity index (χ0n) is 10.4. The molecule has 0 unspecified atom stereocenters. The van der Waals surface area contributed by atoms with E-state index >= 15 is 0 Å². The second kappa shape index (κ2) is 4.61. The Labute approximate surface area is 111 Å². The predicted molar refractivity (Wildman–Crippen MR) is 77.6 cm³/mol. The molecule has 1 aromatic heterocycles. The fraction of sp³-hybridized carbons (Fsp3) is 0.143. The number of nitrogen functional groups attached to an aromatic ring is 2. The van der Waals surface area contributed by atoms with Crippen LogP contribution in [0.2, 0.25) is 0 Å². The highest BCUT2D eigenvalue weighted by Crippen LogP contribution is 2.24. The minimum Gasteiger partial charge on any atom is -0.383 e. The fourth-order valence-corrected chi connectivity index (χ4v) is 2.17. The van der Waals surface area contributed by atoms with E-state index in [9.17, 15) is 0 Å². The standard InChI is InChI=1S/C14H15N5/c15-13-11(8-18-14(16)19-13)7-9-3-4-12-10(6-9)2-1-5-17-12/h1-4,6,8,17H,5,7H2,(H4,15,16,18,19). The van der Waals surface area contributed by atoms with Gasteiger partial charge in [0, 0.05) is 30.4 Å². The molecule has 96 valence electrons. The van der Waals surface area contributed by atoms with Gasteiger partial charge in [-0.25, -0.2) is 4.98 Å². The highest BCUT2D eigenvalue weighted by molar-refractivity contribution is 5.70. The van der Waals surface area contributed by atoms with Crippen molar-refractivity contribution in [3.05, 3.63) is 47.2 Å². The number of aromatic nitrogens is 2. The number of anilines is 3. The number of nitrogens with zero attached hydrogens (tertiary/aromatic N) is 2. The molecule has 0 bridgehead atoms. The molecule has 2 heterocycles. The molecular formula is C14H15N5. The first-order chi connectivity index (χ1) is 9.22. The molecule has 2 aromatic rings. The molecule has 0 spiro atoms. The van der Waals surface area contributed by atoms with E-state index in [4.69, 9.17) is 11.5 Å². The molecule has 0 saturated carbocycles. The van der Waals surface area contributed by atoms with Gasteiger partial charge in [0.2, 0.25) is 5.95 Å². The van der Waals surface area contributed by atoms with Crippen LogP contribution in [0.1, 0.15) is 16.7 Å². The summed E-state index contributed by atoms with van der Waals surface area (Å²) in [6.07, 6.45) is 6.61. The summed E-state index contributed by atoms with van der Waals surface area (Å²) in [5.74, 6) is 0.651. The molecule has 0 atom stereocenters. The normalized spacial score (nSPS) is 12.8. The summed E-state index contributed by atoms with van der Waals surface area (Å²) in [4.78, 5) is 7.96. The molecule has 19 heavy (non-hydrogen) atoms. The maximum Gasteiger partial charge on any atom is 0.221 e. The highest BCUT2D eigenvalue weighted by atomic mass is 15.0. The van der Waals surface area contributed by atoms with Crippen molar-refractivity contribution < 1.29 is 0 Å². The monoisotopic (exact) mass is 253 g/mol. The Morgan fingerprint density at radius 3 is 3.00 bits per heavy atom. The third-order valence-electron chi connectivity index (χ3n) is 3.13. The van der Waals surface area contributed by atoms with E-state index in [1.807, 2.05) is 0 Å². The SMILES string of the molecule is Nc1ncc(Cc2ccc3c(c2)C=CCN3)c(N)n1. The summed E-state index contributed by atoms with van der Waals surface area (Å²) in [5, 5.41) is 3.32. The van der Waals surface area contributed by atoms with Crippen LogP contribution in [0.25, 0.3) is 6.08 Å². The molecule has 1 aliphatic rings. The summed E-state index contributed by atoms with van der Waals surface area (Å²) in [7, 11) is 0. The van der Waals surface area contributed by atoms with E-state index in [0.717, 1.165) is 17.8 Å². The van der Waals surface area contributed by atoms with Crippen molar-refractivity contribution >= 4 is 23.5 Å². The fourth-order valence-electron chi connectivity index (χ4n) is 2.17. The number of benzene rings is 1. The van der Waals surface area contributed by atoms with Crippen molar-refractivity contribution in [3.63, 3.8) is 0 Å². The summed E-state index contributed by atoms with van der Waals surface area (Å²) in [6.45, 7) is 0.880. The first-order valence-electron chi connectivity index (χ1n) is 6.12. The van der Waals surface area contributed by atoms with Crippen molar-refractivity contribution in [1.29, 1.82) is 0 Å². The van der Waals surface area contributed by atoms with Gasteiger partial charge in [0.05, 0.1) is 0 Å². The van der Waals surface area contributed by atoms with E-state index < -0.39 is 0 Å². The van der Waals surface area contributed by atoms with Gasteiger partial charge in [-0.3, -0.25) is 0 Å². The van der Waals surface area contributed by atoms with Crippen LogP contribution in [0.3, 0.4) is 0 Å². The highest BCUT2D eigenvalue weighted by Gasteiger charge is 2.07. The number of hydrogen-bond donors (Lipinski definition) is 3. The average molecular weight is 253 g/mol. The van der Waals surface area contributed by atoms with Crippen molar-refractivity contribution in [2.24, 2.45) is 0 Å². The van der Waals surface area contributed by atoms with Gasteiger partial charge < -0.3 is 16.8 Å². The molecule has 3 rings (SSSR count). The molecule has 0 amide bonds. The Morgan fingerprint density at radius 1 is 1.26 bits per heavy atom. The van der Waals surface area contributed by atoms with Gasteiger partial charge in [-0.1, -0.05) is 18.2 Å². The molecule has 5 heteroatoms. The van der Waals surface area contributed by atoms with Crippen molar-refractivity contribution in [2.45, 2.75) is 6.42 Å².